The highest BCUT2D eigenvalue weighted by Crippen LogP contribution is 2.31. The van der Waals surface area contributed by atoms with Crippen molar-refractivity contribution in [1.82, 2.24) is 0 Å². The second-order valence-electron chi connectivity index (χ2n) is 4.98. The Morgan fingerprint density at radius 1 is 1.32 bits per heavy atom. The van der Waals surface area contributed by atoms with E-state index in [9.17, 15) is 14.9 Å². The number of hydrogen-bond acceptors (Lipinski definition) is 5. The largest absolute Gasteiger partial charge is 0.371 e. The number of hydrogen-bond donors (Lipinski definition) is 0. The van der Waals surface area contributed by atoms with E-state index in [-0.39, 0.29) is 23.5 Å². The number of nitrogens with zero attached hydrogens (tertiary/aromatic N) is 2. The highest BCUT2D eigenvalue weighted by atomic mass is 16.6. The van der Waals surface area contributed by atoms with E-state index < -0.39 is 4.92 Å². The molecule has 0 amide bonds. The van der Waals surface area contributed by atoms with Gasteiger partial charge in [-0.2, -0.15) is 0 Å². The van der Waals surface area contributed by atoms with Crippen molar-refractivity contribution in [2.24, 2.45) is 0 Å². The number of carbonyl (C=O) groups is 1. The Bertz CT molecular complexity index is 519. The summed E-state index contributed by atoms with van der Waals surface area (Å²) in [6.07, 6.45) is 3.15. The average Bonchev–Trinajstić information content (AvgIpc) is 2.76. The van der Waals surface area contributed by atoms with Crippen LogP contribution >= 0.6 is 0 Å². The number of carbonyl (C=O) groups excluding carboxylic acids is 1. The summed E-state index contributed by atoms with van der Waals surface area (Å²) in [6, 6.07) is 4.70. The van der Waals surface area contributed by atoms with Gasteiger partial charge in [-0.25, -0.2) is 0 Å². The van der Waals surface area contributed by atoms with Crippen LogP contribution in [0.15, 0.2) is 18.2 Å². The van der Waals surface area contributed by atoms with Crippen molar-refractivity contribution < 1.29 is 14.5 Å². The van der Waals surface area contributed by atoms with Crippen LogP contribution in [0.2, 0.25) is 0 Å². The van der Waals surface area contributed by atoms with E-state index in [1.807, 2.05) is 0 Å². The van der Waals surface area contributed by atoms with Gasteiger partial charge >= 0.3 is 0 Å². The topological polar surface area (TPSA) is 72.7 Å². The quantitative estimate of drug-likeness (QED) is 0.471. The lowest BCUT2D eigenvalue weighted by Gasteiger charge is -2.33. The summed E-state index contributed by atoms with van der Waals surface area (Å²) in [5.74, 6) is 0. The maximum absolute atomic E-state index is 11.0. The lowest BCUT2D eigenvalue weighted by molar-refractivity contribution is -0.385. The van der Waals surface area contributed by atoms with Crippen LogP contribution < -0.4 is 4.90 Å². The summed E-state index contributed by atoms with van der Waals surface area (Å²) < 4.78 is 5.75. The van der Waals surface area contributed by atoms with E-state index in [1.54, 1.807) is 12.1 Å². The van der Waals surface area contributed by atoms with E-state index in [2.05, 4.69) is 4.90 Å². The molecule has 2 aliphatic rings. The van der Waals surface area contributed by atoms with Crippen LogP contribution in [-0.2, 0) is 4.74 Å². The first-order valence-corrected chi connectivity index (χ1v) is 6.31. The predicted molar refractivity (Wildman–Crippen MR) is 68.6 cm³/mol. The fraction of sp³-hybridized carbons (Fsp3) is 0.462. The lowest BCUT2D eigenvalue weighted by atomic mass is 10.1. The fourth-order valence-corrected chi connectivity index (χ4v) is 2.82. The zero-order valence-electron chi connectivity index (χ0n) is 10.3. The van der Waals surface area contributed by atoms with Crippen LogP contribution in [0.4, 0.5) is 11.4 Å². The third-order valence-corrected chi connectivity index (χ3v) is 3.74. The standard InChI is InChI=1S/C13H14N2O4/c16-8-9-5-10(1-4-13(9)15(17)18)14-6-11-2-3-12(7-14)19-11/h1,4-5,8,11-12H,2-3,6-7H2. The molecule has 2 bridgehead atoms. The van der Waals surface area contributed by atoms with E-state index >= 15 is 0 Å². The molecule has 0 saturated carbocycles. The lowest BCUT2D eigenvalue weighted by Crippen LogP contribution is -2.42. The van der Waals surface area contributed by atoms with E-state index in [1.165, 1.54) is 6.07 Å². The van der Waals surface area contributed by atoms with E-state index in [0.717, 1.165) is 31.6 Å². The Balaban J connectivity index is 1.89. The van der Waals surface area contributed by atoms with Crippen LogP contribution in [-0.4, -0.2) is 36.5 Å². The predicted octanol–water partition coefficient (Wildman–Crippen LogP) is 1.77. The van der Waals surface area contributed by atoms with Crippen LogP contribution in [0.3, 0.4) is 0 Å². The summed E-state index contributed by atoms with van der Waals surface area (Å²) in [7, 11) is 0. The van der Waals surface area contributed by atoms with Crippen molar-refractivity contribution in [3.05, 3.63) is 33.9 Å². The van der Waals surface area contributed by atoms with Crippen molar-refractivity contribution in [3.63, 3.8) is 0 Å². The summed E-state index contributed by atoms with van der Waals surface area (Å²) in [6.45, 7) is 1.57. The van der Waals surface area contributed by atoms with Gasteiger partial charge in [-0.1, -0.05) is 0 Å². The molecule has 19 heavy (non-hydrogen) atoms. The van der Waals surface area contributed by atoms with Gasteiger partial charge in [0, 0.05) is 24.8 Å². The van der Waals surface area contributed by atoms with Gasteiger partial charge in [0.15, 0.2) is 6.29 Å². The second-order valence-corrected chi connectivity index (χ2v) is 4.98. The summed E-state index contributed by atoms with van der Waals surface area (Å²) in [5, 5.41) is 10.8. The highest BCUT2D eigenvalue weighted by molar-refractivity contribution is 5.83. The Labute approximate surface area is 110 Å². The normalized spacial score (nSPS) is 25.4. The molecule has 2 atom stereocenters. The molecule has 0 spiro atoms. The van der Waals surface area contributed by atoms with Gasteiger partial charge in [-0.3, -0.25) is 14.9 Å². The minimum absolute atomic E-state index is 0.126. The van der Waals surface area contributed by atoms with Crippen molar-refractivity contribution >= 4 is 17.7 Å². The molecular weight excluding hydrogens is 248 g/mol. The van der Waals surface area contributed by atoms with E-state index in [0.29, 0.717) is 6.29 Å². The first-order valence-electron chi connectivity index (χ1n) is 6.31. The summed E-state index contributed by atoms with van der Waals surface area (Å²) >= 11 is 0. The molecule has 2 unspecified atom stereocenters. The van der Waals surface area contributed by atoms with Crippen LogP contribution in [0, 0.1) is 10.1 Å². The highest BCUT2D eigenvalue weighted by Gasteiger charge is 2.34. The van der Waals surface area contributed by atoms with Gasteiger partial charge < -0.3 is 9.64 Å². The molecule has 2 heterocycles. The van der Waals surface area contributed by atoms with Gasteiger partial charge in [0.25, 0.3) is 5.69 Å². The Morgan fingerprint density at radius 3 is 2.58 bits per heavy atom. The molecule has 6 heteroatoms. The second kappa shape index (κ2) is 4.62. The molecule has 0 N–H and O–H groups in total. The van der Waals surface area contributed by atoms with Gasteiger partial charge in [-0.15, -0.1) is 0 Å². The molecular formula is C13H14N2O4. The number of fused-ring (bicyclic) bond motifs is 2. The zero-order valence-corrected chi connectivity index (χ0v) is 10.3. The Kier molecular flexibility index (Phi) is 2.94. The SMILES string of the molecule is O=Cc1cc(N2CC3CCC(C2)O3)ccc1[N+](=O)[O-]. The summed E-state index contributed by atoms with van der Waals surface area (Å²) in [4.78, 5) is 23.4. The third kappa shape index (κ3) is 2.19. The maximum Gasteiger partial charge on any atom is 0.280 e. The van der Waals surface area contributed by atoms with Crippen molar-refractivity contribution in [2.45, 2.75) is 25.0 Å². The molecule has 2 saturated heterocycles. The van der Waals surface area contributed by atoms with E-state index in [4.69, 9.17) is 4.74 Å². The number of nitro groups is 1. The molecule has 100 valence electrons. The maximum atomic E-state index is 11.0. The molecule has 1 aromatic carbocycles. The third-order valence-electron chi connectivity index (χ3n) is 3.74. The number of anilines is 1. The molecule has 0 aromatic heterocycles. The number of aldehydes is 1. The van der Waals surface area contributed by atoms with Crippen LogP contribution in [0.1, 0.15) is 23.2 Å². The van der Waals surface area contributed by atoms with Crippen LogP contribution in [0.25, 0.3) is 0 Å². The number of ether oxygens (including phenoxy) is 1. The van der Waals surface area contributed by atoms with Gasteiger partial charge in [0.2, 0.25) is 0 Å². The first-order chi connectivity index (χ1) is 9.17. The Hall–Kier alpha value is -1.95. The number of morpholine rings is 1. The zero-order chi connectivity index (χ0) is 13.4. The van der Waals surface area contributed by atoms with Crippen molar-refractivity contribution in [1.29, 1.82) is 0 Å². The minimum Gasteiger partial charge on any atom is -0.371 e. The molecule has 2 fully saturated rings. The monoisotopic (exact) mass is 262 g/mol. The molecule has 6 nitrogen and oxygen atoms in total. The fourth-order valence-electron chi connectivity index (χ4n) is 2.82. The Morgan fingerprint density at radius 2 is 2.00 bits per heavy atom. The number of rotatable bonds is 3. The molecule has 0 aliphatic carbocycles. The first kappa shape index (κ1) is 12.1. The molecule has 2 aliphatic heterocycles. The number of benzene rings is 1. The molecule has 1 aromatic rings. The van der Waals surface area contributed by atoms with Gasteiger partial charge in [0.1, 0.15) is 0 Å². The smallest absolute Gasteiger partial charge is 0.280 e. The average molecular weight is 262 g/mol. The number of nitro benzene ring substituents is 1. The molecule has 3 rings (SSSR count). The van der Waals surface area contributed by atoms with Crippen LogP contribution in [0.5, 0.6) is 0 Å². The molecule has 0 radical (unpaired) electrons. The van der Waals surface area contributed by atoms with Gasteiger partial charge in [0.05, 0.1) is 22.7 Å². The van der Waals surface area contributed by atoms with Crippen molar-refractivity contribution in [2.75, 3.05) is 18.0 Å². The van der Waals surface area contributed by atoms with Gasteiger partial charge in [-0.05, 0) is 25.0 Å². The van der Waals surface area contributed by atoms with Crippen molar-refractivity contribution in [3.8, 4) is 0 Å². The minimum atomic E-state index is -0.531. The summed E-state index contributed by atoms with van der Waals surface area (Å²) in [5.41, 5.74) is 0.837.